The molecular formula is C20H14. The van der Waals surface area contributed by atoms with Crippen LogP contribution in [0.1, 0.15) is 11.1 Å². The van der Waals surface area contributed by atoms with E-state index >= 15 is 0 Å². The summed E-state index contributed by atoms with van der Waals surface area (Å²) in [4.78, 5) is 0. The molecule has 2 aromatic rings. The highest BCUT2D eigenvalue weighted by Crippen LogP contribution is 2.45. The van der Waals surface area contributed by atoms with Gasteiger partial charge in [0.05, 0.1) is 0 Å². The average molecular weight is 254 g/mol. The van der Waals surface area contributed by atoms with Crippen LogP contribution in [-0.2, 0) is 0 Å². The molecule has 0 amide bonds. The third kappa shape index (κ3) is 1.62. The quantitative estimate of drug-likeness (QED) is 0.520. The van der Waals surface area contributed by atoms with E-state index in [0.29, 0.717) is 0 Å². The number of hydrogen-bond acceptors (Lipinski definition) is 0. The first kappa shape index (κ1) is 11.2. The van der Waals surface area contributed by atoms with Gasteiger partial charge in [0.15, 0.2) is 0 Å². The van der Waals surface area contributed by atoms with Crippen LogP contribution < -0.4 is 0 Å². The Hall–Kier alpha value is -2.60. The molecule has 0 N–H and O–H groups in total. The van der Waals surface area contributed by atoms with Crippen molar-refractivity contribution in [1.82, 2.24) is 0 Å². The zero-order valence-electron chi connectivity index (χ0n) is 11.1. The van der Waals surface area contributed by atoms with Gasteiger partial charge < -0.3 is 0 Å². The van der Waals surface area contributed by atoms with Gasteiger partial charge in [-0.05, 0) is 33.4 Å². The molecule has 0 radical (unpaired) electrons. The molecule has 4 rings (SSSR count). The van der Waals surface area contributed by atoms with E-state index in [-0.39, 0.29) is 0 Å². The minimum Gasteiger partial charge on any atom is -0.0622 e. The first-order chi connectivity index (χ1) is 9.95. The highest BCUT2D eigenvalue weighted by Gasteiger charge is 2.23. The molecule has 0 saturated heterocycles. The standard InChI is InChI=1S/C20H14/c1-2-4-10-15(9-3-1)20-18-13-7-5-11-16(18)17-12-6-8-14-19(17)20/h1-14H. The molecule has 0 unspecified atom stereocenters. The lowest BCUT2D eigenvalue weighted by Crippen LogP contribution is -1.86. The van der Waals surface area contributed by atoms with E-state index in [1.165, 1.54) is 33.4 Å². The largest absolute Gasteiger partial charge is 0.0622 e. The molecule has 0 atom stereocenters. The Morgan fingerprint density at radius 2 is 0.900 bits per heavy atom. The molecule has 0 fully saturated rings. The predicted molar refractivity (Wildman–Crippen MR) is 85.3 cm³/mol. The number of rotatable bonds is 0. The third-order valence-electron chi connectivity index (χ3n) is 3.86. The Labute approximate surface area is 119 Å². The fourth-order valence-electron chi connectivity index (χ4n) is 3.00. The van der Waals surface area contributed by atoms with Crippen LogP contribution >= 0.6 is 0 Å². The topological polar surface area (TPSA) is 0 Å². The second-order valence-corrected chi connectivity index (χ2v) is 5.02. The van der Waals surface area contributed by atoms with Crippen LogP contribution in [0.5, 0.6) is 0 Å². The van der Waals surface area contributed by atoms with Crippen molar-refractivity contribution in [2.45, 2.75) is 0 Å². The van der Waals surface area contributed by atoms with Crippen molar-refractivity contribution in [3.8, 4) is 11.1 Å². The zero-order chi connectivity index (χ0) is 13.4. The first-order valence-corrected chi connectivity index (χ1v) is 6.90. The predicted octanol–water partition coefficient (Wildman–Crippen LogP) is 5.15. The van der Waals surface area contributed by atoms with Gasteiger partial charge >= 0.3 is 0 Å². The van der Waals surface area contributed by atoms with E-state index in [1.54, 1.807) is 0 Å². The fourth-order valence-corrected chi connectivity index (χ4v) is 3.00. The van der Waals surface area contributed by atoms with Crippen molar-refractivity contribution < 1.29 is 0 Å². The minimum absolute atomic E-state index is 1.27. The Morgan fingerprint density at radius 3 is 1.40 bits per heavy atom. The Morgan fingerprint density at radius 1 is 0.450 bits per heavy atom. The summed E-state index contributed by atoms with van der Waals surface area (Å²) in [7, 11) is 0. The Kier molecular flexibility index (Phi) is 2.53. The van der Waals surface area contributed by atoms with E-state index in [1.807, 2.05) is 0 Å². The number of fused-ring (bicyclic) bond motifs is 3. The highest BCUT2D eigenvalue weighted by molar-refractivity contribution is 6.03. The molecule has 0 heterocycles. The van der Waals surface area contributed by atoms with Crippen molar-refractivity contribution in [3.63, 3.8) is 0 Å². The van der Waals surface area contributed by atoms with E-state index < -0.39 is 0 Å². The third-order valence-corrected chi connectivity index (χ3v) is 3.86. The molecule has 2 aromatic carbocycles. The molecule has 20 heavy (non-hydrogen) atoms. The lowest BCUT2D eigenvalue weighted by Gasteiger charge is -2.06. The maximum atomic E-state index is 2.22. The molecule has 0 saturated carbocycles. The average Bonchev–Trinajstić information content (AvgIpc) is 2.65. The zero-order valence-corrected chi connectivity index (χ0v) is 11.1. The van der Waals surface area contributed by atoms with Crippen molar-refractivity contribution in [2.24, 2.45) is 0 Å². The Balaban J connectivity index is 2.08. The molecule has 0 heteroatoms. The molecule has 2 aliphatic carbocycles. The van der Waals surface area contributed by atoms with Gasteiger partial charge in [-0.15, -0.1) is 0 Å². The summed E-state index contributed by atoms with van der Waals surface area (Å²) in [5.41, 5.74) is 7.95. The van der Waals surface area contributed by atoms with Crippen LogP contribution in [0.15, 0.2) is 90.6 Å². The van der Waals surface area contributed by atoms with Gasteiger partial charge in [-0.2, -0.15) is 0 Å². The fraction of sp³-hybridized carbons (Fsp3) is 0. The lowest BCUT2D eigenvalue weighted by molar-refractivity contribution is 1.61. The second kappa shape index (κ2) is 4.50. The number of benzene rings is 2. The summed E-state index contributed by atoms with van der Waals surface area (Å²) in [6, 6.07) is 17.3. The molecule has 0 aliphatic heterocycles. The summed E-state index contributed by atoms with van der Waals surface area (Å²) in [5.74, 6) is 0. The summed E-state index contributed by atoms with van der Waals surface area (Å²) in [6.45, 7) is 0. The summed E-state index contributed by atoms with van der Waals surface area (Å²) >= 11 is 0. The van der Waals surface area contributed by atoms with Crippen LogP contribution in [-0.4, -0.2) is 0 Å². The van der Waals surface area contributed by atoms with Crippen LogP contribution in [0.25, 0.3) is 16.7 Å². The molecular weight excluding hydrogens is 240 g/mol. The van der Waals surface area contributed by atoms with Gasteiger partial charge in [0, 0.05) is 0 Å². The van der Waals surface area contributed by atoms with Crippen molar-refractivity contribution >= 4 is 5.57 Å². The van der Waals surface area contributed by atoms with Crippen LogP contribution in [0.3, 0.4) is 0 Å². The summed E-state index contributed by atoms with van der Waals surface area (Å²) in [5, 5.41) is 0. The molecule has 0 nitrogen and oxygen atoms in total. The lowest BCUT2D eigenvalue weighted by atomic mass is 9.97. The maximum Gasteiger partial charge on any atom is -0.00264 e. The smallest absolute Gasteiger partial charge is 0.00264 e. The maximum absolute atomic E-state index is 2.22. The molecule has 0 spiro atoms. The van der Waals surface area contributed by atoms with Crippen LogP contribution in [0.2, 0.25) is 0 Å². The summed E-state index contributed by atoms with van der Waals surface area (Å²) < 4.78 is 0. The first-order valence-electron chi connectivity index (χ1n) is 6.90. The van der Waals surface area contributed by atoms with Crippen molar-refractivity contribution in [2.75, 3.05) is 0 Å². The summed E-state index contributed by atoms with van der Waals surface area (Å²) in [6.07, 6.45) is 12.7. The molecule has 0 bridgehead atoms. The van der Waals surface area contributed by atoms with E-state index in [2.05, 4.69) is 85.0 Å². The van der Waals surface area contributed by atoms with Crippen LogP contribution in [0, 0.1) is 0 Å². The highest BCUT2D eigenvalue weighted by atomic mass is 14.3. The number of allylic oxidation sites excluding steroid dienone is 7. The van der Waals surface area contributed by atoms with Gasteiger partial charge in [-0.25, -0.2) is 0 Å². The molecule has 2 aliphatic rings. The minimum atomic E-state index is 1.27. The SMILES string of the molecule is C1=CC=CC(=C2c3ccccc3-c3ccccc32)C=C1. The monoisotopic (exact) mass is 254 g/mol. The van der Waals surface area contributed by atoms with E-state index in [0.717, 1.165) is 0 Å². The normalized spacial score (nSPS) is 15.2. The number of hydrogen-bond donors (Lipinski definition) is 0. The van der Waals surface area contributed by atoms with Gasteiger partial charge in [0.2, 0.25) is 0 Å². The Bertz CT molecular complexity index is 733. The van der Waals surface area contributed by atoms with Gasteiger partial charge in [0.1, 0.15) is 0 Å². The van der Waals surface area contributed by atoms with E-state index in [4.69, 9.17) is 0 Å². The van der Waals surface area contributed by atoms with Gasteiger partial charge in [-0.1, -0.05) is 85.0 Å². The van der Waals surface area contributed by atoms with Crippen LogP contribution in [0.4, 0.5) is 0 Å². The van der Waals surface area contributed by atoms with E-state index in [9.17, 15) is 0 Å². The molecule has 94 valence electrons. The van der Waals surface area contributed by atoms with Gasteiger partial charge in [-0.3, -0.25) is 0 Å². The van der Waals surface area contributed by atoms with Crippen molar-refractivity contribution in [1.29, 1.82) is 0 Å². The van der Waals surface area contributed by atoms with Gasteiger partial charge in [0.25, 0.3) is 0 Å². The molecule has 0 aromatic heterocycles. The second-order valence-electron chi connectivity index (χ2n) is 5.02. The van der Waals surface area contributed by atoms with Crippen molar-refractivity contribution in [3.05, 3.63) is 102 Å².